The van der Waals surface area contributed by atoms with Crippen LogP contribution < -0.4 is 10.6 Å². The van der Waals surface area contributed by atoms with Gasteiger partial charge in [-0.05, 0) is 43.7 Å². The van der Waals surface area contributed by atoms with Crippen LogP contribution in [0.1, 0.15) is 44.1 Å². The summed E-state index contributed by atoms with van der Waals surface area (Å²) in [5.41, 5.74) is 1.49. The molecule has 1 aromatic rings. The third-order valence-corrected chi connectivity index (χ3v) is 5.89. The Morgan fingerprint density at radius 3 is 2.82 bits per heavy atom. The van der Waals surface area contributed by atoms with Crippen molar-refractivity contribution in [3.05, 3.63) is 21.9 Å². The summed E-state index contributed by atoms with van der Waals surface area (Å²) >= 11 is 1.89. The number of nitrogens with zero attached hydrogens (tertiary/aromatic N) is 2. The maximum Gasteiger partial charge on any atom is 0.191 e. The number of aliphatic imine (C=N–C) groups is 1. The Morgan fingerprint density at radius 1 is 1.21 bits per heavy atom. The summed E-state index contributed by atoms with van der Waals surface area (Å²) in [6.07, 6.45) is 3.45. The minimum absolute atomic E-state index is 0.431. The first-order chi connectivity index (χ1) is 13.7. The van der Waals surface area contributed by atoms with Crippen LogP contribution >= 0.6 is 11.3 Å². The van der Waals surface area contributed by atoms with Gasteiger partial charge in [-0.3, -0.25) is 9.89 Å². The molecule has 2 heterocycles. The lowest BCUT2D eigenvalue weighted by Crippen LogP contribution is -2.42. The molecule has 0 saturated carbocycles. The summed E-state index contributed by atoms with van der Waals surface area (Å²) in [6.45, 7) is 13.9. The quantitative estimate of drug-likeness (QED) is 0.297. The zero-order valence-electron chi connectivity index (χ0n) is 17.8. The highest BCUT2D eigenvalue weighted by atomic mass is 32.1. The molecule has 0 radical (unpaired) electrons. The lowest BCUT2D eigenvalue weighted by molar-refractivity contribution is 0.0487. The first-order valence-corrected chi connectivity index (χ1v) is 11.6. The smallest absolute Gasteiger partial charge is 0.191 e. The Bertz CT molecular complexity index is 564. The van der Waals surface area contributed by atoms with E-state index in [9.17, 15) is 0 Å². The summed E-state index contributed by atoms with van der Waals surface area (Å²) < 4.78 is 11.1. The van der Waals surface area contributed by atoms with Crippen LogP contribution in [0.25, 0.3) is 0 Å². The summed E-state index contributed by atoms with van der Waals surface area (Å²) in [6, 6.07) is 2.70. The molecule has 0 bridgehead atoms. The predicted octanol–water partition coefficient (Wildman–Crippen LogP) is 2.88. The molecule has 0 spiro atoms. The minimum atomic E-state index is 0.431. The van der Waals surface area contributed by atoms with Crippen LogP contribution in [0.2, 0.25) is 0 Å². The van der Waals surface area contributed by atoms with Crippen LogP contribution in [-0.2, 0) is 22.4 Å². The molecule has 1 aliphatic heterocycles. The molecule has 0 fully saturated rings. The van der Waals surface area contributed by atoms with Gasteiger partial charge in [0.1, 0.15) is 0 Å². The van der Waals surface area contributed by atoms with Crippen molar-refractivity contribution in [2.24, 2.45) is 4.99 Å². The van der Waals surface area contributed by atoms with Crippen molar-refractivity contribution in [2.45, 2.75) is 52.6 Å². The van der Waals surface area contributed by atoms with Crippen LogP contribution in [0.4, 0.5) is 0 Å². The van der Waals surface area contributed by atoms with E-state index in [0.29, 0.717) is 25.9 Å². The number of thiophene rings is 1. The number of nitrogens with one attached hydrogen (secondary N) is 2. The van der Waals surface area contributed by atoms with Crippen LogP contribution in [0, 0.1) is 0 Å². The van der Waals surface area contributed by atoms with Gasteiger partial charge >= 0.3 is 0 Å². The standard InChI is InChI=1S/C21H38N4O2S/c1-4-6-11-26-13-14-27-12-9-23-21(22-5-2)24-16-18(3)25-10-7-20-19(17-25)8-15-28-20/h8,15,18H,4-7,9-14,16-17H2,1-3H3,(H2,22,23,24). The van der Waals surface area contributed by atoms with Crippen molar-refractivity contribution >= 4 is 17.3 Å². The van der Waals surface area contributed by atoms with Crippen molar-refractivity contribution in [3.8, 4) is 0 Å². The molecule has 1 aliphatic rings. The monoisotopic (exact) mass is 410 g/mol. The summed E-state index contributed by atoms with van der Waals surface area (Å²) in [7, 11) is 0. The first-order valence-electron chi connectivity index (χ1n) is 10.7. The maximum absolute atomic E-state index is 5.61. The molecular weight excluding hydrogens is 372 g/mol. The van der Waals surface area contributed by atoms with E-state index >= 15 is 0 Å². The Kier molecular flexibility index (Phi) is 11.5. The van der Waals surface area contributed by atoms with Crippen LogP contribution in [0.15, 0.2) is 16.4 Å². The zero-order valence-corrected chi connectivity index (χ0v) is 18.7. The summed E-state index contributed by atoms with van der Waals surface area (Å²) in [5.74, 6) is 0.866. The van der Waals surface area contributed by atoms with E-state index in [4.69, 9.17) is 14.5 Å². The van der Waals surface area contributed by atoms with E-state index in [1.165, 1.54) is 18.4 Å². The molecule has 2 N–H and O–H groups in total. The number of hydrogen-bond donors (Lipinski definition) is 2. The van der Waals surface area contributed by atoms with E-state index in [1.54, 1.807) is 4.88 Å². The normalized spacial score (nSPS) is 16.0. The predicted molar refractivity (Wildman–Crippen MR) is 118 cm³/mol. The molecule has 7 heteroatoms. The average molecular weight is 411 g/mol. The van der Waals surface area contributed by atoms with Gasteiger partial charge < -0.3 is 20.1 Å². The molecule has 1 atom stereocenters. The minimum Gasteiger partial charge on any atom is -0.379 e. The second-order valence-corrected chi connectivity index (χ2v) is 8.16. The van der Waals surface area contributed by atoms with Gasteiger partial charge in [0.15, 0.2) is 5.96 Å². The Balaban J connectivity index is 1.63. The molecule has 1 unspecified atom stereocenters. The molecule has 0 saturated heterocycles. The zero-order chi connectivity index (χ0) is 20.0. The van der Waals surface area contributed by atoms with Gasteiger partial charge in [-0.1, -0.05) is 13.3 Å². The summed E-state index contributed by atoms with van der Waals surface area (Å²) in [4.78, 5) is 8.86. The number of hydrogen-bond acceptors (Lipinski definition) is 5. The van der Waals surface area contributed by atoms with Crippen molar-refractivity contribution < 1.29 is 9.47 Å². The maximum atomic E-state index is 5.61. The molecule has 28 heavy (non-hydrogen) atoms. The van der Waals surface area contributed by atoms with Crippen LogP contribution in [0.3, 0.4) is 0 Å². The SMILES string of the molecule is CCCCOCCOCCNC(=NCC(C)N1CCc2sccc2C1)NCC. The Labute approximate surface area is 174 Å². The molecule has 160 valence electrons. The highest BCUT2D eigenvalue weighted by molar-refractivity contribution is 7.10. The molecule has 1 aromatic heterocycles. The fourth-order valence-electron chi connectivity index (χ4n) is 3.14. The van der Waals surface area contributed by atoms with E-state index in [0.717, 1.165) is 51.7 Å². The van der Waals surface area contributed by atoms with Gasteiger partial charge in [-0.15, -0.1) is 11.3 Å². The second kappa shape index (κ2) is 13.9. The van der Waals surface area contributed by atoms with E-state index in [1.807, 2.05) is 11.3 Å². The summed E-state index contributed by atoms with van der Waals surface area (Å²) in [5, 5.41) is 8.89. The van der Waals surface area contributed by atoms with Crippen molar-refractivity contribution in [1.29, 1.82) is 0 Å². The molecule has 2 rings (SSSR count). The van der Waals surface area contributed by atoms with Crippen LogP contribution in [0.5, 0.6) is 0 Å². The molecular formula is C21H38N4O2S. The molecule has 0 aliphatic carbocycles. The topological polar surface area (TPSA) is 58.1 Å². The molecule has 0 amide bonds. The van der Waals surface area contributed by atoms with Gasteiger partial charge in [0.2, 0.25) is 0 Å². The number of ether oxygens (including phenoxy) is 2. The number of unbranched alkanes of at least 4 members (excludes halogenated alkanes) is 1. The van der Waals surface area contributed by atoms with Gasteiger partial charge in [0.05, 0.1) is 26.4 Å². The fraction of sp³-hybridized carbons (Fsp3) is 0.762. The lowest BCUT2D eigenvalue weighted by Gasteiger charge is -2.31. The second-order valence-electron chi connectivity index (χ2n) is 7.16. The number of guanidine groups is 1. The number of fused-ring (bicyclic) bond motifs is 1. The third kappa shape index (κ3) is 8.47. The van der Waals surface area contributed by atoms with Crippen molar-refractivity contribution in [2.75, 3.05) is 52.6 Å². The lowest BCUT2D eigenvalue weighted by atomic mass is 10.1. The largest absolute Gasteiger partial charge is 0.379 e. The van der Waals surface area contributed by atoms with Crippen molar-refractivity contribution in [3.63, 3.8) is 0 Å². The first kappa shape index (κ1) is 23.1. The Hall–Kier alpha value is -1.15. The van der Waals surface area contributed by atoms with E-state index < -0.39 is 0 Å². The molecule has 0 aromatic carbocycles. The van der Waals surface area contributed by atoms with Gasteiger partial charge in [0.25, 0.3) is 0 Å². The van der Waals surface area contributed by atoms with Crippen molar-refractivity contribution in [1.82, 2.24) is 15.5 Å². The Morgan fingerprint density at radius 2 is 2.04 bits per heavy atom. The van der Waals surface area contributed by atoms with Gasteiger partial charge in [-0.25, -0.2) is 0 Å². The number of rotatable bonds is 13. The fourth-order valence-corrected chi connectivity index (χ4v) is 4.03. The third-order valence-electron chi connectivity index (χ3n) is 4.87. The van der Waals surface area contributed by atoms with Gasteiger partial charge in [-0.2, -0.15) is 0 Å². The van der Waals surface area contributed by atoms with Crippen LogP contribution in [-0.4, -0.2) is 69.5 Å². The highest BCUT2D eigenvalue weighted by Gasteiger charge is 2.21. The van der Waals surface area contributed by atoms with E-state index in [2.05, 4.69) is 47.8 Å². The van der Waals surface area contributed by atoms with E-state index in [-0.39, 0.29) is 0 Å². The molecule has 6 nitrogen and oxygen atoms in total. The average Bonchev–Trinajstić information content (AvgIpc) is 3.18. The van der Waals surface area contributed by atoms with Gasteiger partial charge in [0, 0.05) is 43.7 Å². The highest BCUT2D eigenvalue weighted by Crippen LogP contribution is 2.25.